The second kappa shape index (κ2) is 6.58. The number of rotatable bonds is 6. The van der Waals surface area contributed by atoms with Crippen LogP contribution >= 0.6 is 0 Å². The average Bonchev–Trinajstić information content (AvgIpc) is 2.90. The fraction of sp³-hybridized carbons (Fsp3) is 0.652. The lowest BCUT2D eigenvalue weighted by molar-refractivity contribution is -0.144. The Morgan fingerprint density at radius 3 is 2.11 bits per heavy atom. The van der Waals surface area contributed by atoms with E-state index in [-0.39, 0.29) is 5.41 Å². The molecule has 4 bridgehead atoms. The zero-order valence-corrected chi connectivity index (χ0v) is 17.2. The first-order chi connectivity index (χ1) is 13.4. The van der Waals surface area contributed by atoms with Gasteiger partial charge in [-0.15, -0.1) is 0 Å². The molecule has 28 heavy (non-hydrogen) atoms. The fourth-order valence-electron chi connectivity index (χ4n) is 6.74. The molecular formula is C23H32N4O. The van der Waals surface area contributed by atoms with E-state index in [9.17, 15) is 4.79 Å². The van der Waals surface area contributed by atoms with E-state index in [1.165, 1.54) is 19.3 Å². The van der Waals surface area contributed by atoms with Gasteiger partial charge in [0.25, 0.3) is 0 Å². The van der Waals surface area contributed by atoms with Gasteiger partial charge in [-0.2, -0.15) is 0 Å². The topological polar surface area (TPSA) is 54.0 Å². The van der Waals surface area contributed by atoms with E-state index >= 15 is 0 Å². The molecule has 0 spiro atoms. The van der Waals surface area contributed by atoms with Gasteiger partial charge < -0.3 is 14.0 Å². The number of fused-ring (bicyclic) bond motifs is 1. The van der Waals surface area contributed by atoms with Gasteiger partial charge >= 0.3 is 0 Å². The molecular weight excluding hydrogens is 348 g/mol. The summed E-state index contributed by atoms with van der Waals surface area (Å²) in [6.45, 7) is 2.01. The molecule has 5 heteroatoms. The van der Waals surface area contributed by atoms with Crippen LogP contribution in [0.1, 0.15) is 38.5 Å². The van der Waals surface area contributed by atoms with E-state index in [0.717, 1.165) is 61.1 Å². The van der Waals surface area contributed by atoms with Gasteiger partial charge in [0.15, 0.2) is 5.78 Å². The number of para-hydroxylation sites is 2. The summed E-state index contributed by atoms with van der Waals surface area (Å²) in [6, 6.07) is 8.18. The highest BCUT2D eigenvalue weighted by atomic mass is 16.1. The van der Waals surface area contributed by atoms with E-state index in [1.807, 2.05) is 16.7 Å². The van der Waals surface area contributed by atoms with E-state index in [1.54, 1.807) is 0 Å². The minimum atomic E-state index is -0.0962. The number of Topliss-reactive ketones (excluding diaryl/α,β-unsaturated/α-hetero) is 1. The average molecular weight is 381 g/mol. The van der Waals surface area contributed by atoms with Crippen molar-refractivity contribution < 1.29 is 4.79 Å². The fourth-order valence-corrected chi connectivity index (χ4v) is 6.74. The monoisotopic (exact) mass is 380 g/mol. The number of nitrogens with zero attached hydrogens (tertiary/aromatic N) is 3. The molecule has 1 aromatic heterocycles. The van der Waals surface area contributed by atoms with Gasteiger partial charge in [-0.25, -0.2) is 0 Å². The number of hydrogen-bond donors (Lipinski definition) is 1. The van der Waals surface area contributed by atoms with Crippen LogP contribution in [0.2, 0.25) is 0 Å². The van der Waals surface area contributed by atoms with Crippen molar-refractivity contribution in [2.75, 3.05) is 20.6 Å². The van der Waals surface area contributed by atoms with Crippen molar-refractivity contribution in [3.63, 3.8) is 0 Å². The van der Waals surface area contributed by atoms with Crippen molar-refractivity contribution in [2.24, 2.45) is 23.2 Å². The maximum absolute atomic E-state index is 13.6. The molecule has 0 radical (unpaired) electrons. The molecule has 1 N–H and O–H groups in total. The molecule has 0 saturated heterocycles. The highest BCUT2D eigenvalue weighted by Gasteiger charge is 2.54. The van der Waals surface area contributed by atoms with E-state index in [2.05, 4.69) is 35.7 Å². The van der Waals surface area contributed by atoms with Crippen molar-refractivity contribution in [3.8, 4) is 0 Å². The largest absolute Gasteiger partial charge is 0.309 e. The summed E-state index contributed by atoms with van der Waals surface area (Å²) in [5.41, 5.74) is 2.44. The maximum atomic E-state index is 13.6. The minimum Gasteiger partial charge on any atom is -0.309 e. The number of carbonyl (C=O) groups is 1. The smallest absolute Gasteiger partial charge is 0.203 e. The third-order valence-corrected chi connectivity index (χ3v) is 7.68. The third-order valence-electron chi connectivity index (χ3n) is 7.68. The van der Waals surface area contributed by atoms with Crippen LogP contribution in [-0.2, 0) is 17.9 Å². The lowest BCUT2D eigenvalue weighted by Gasteiger charge is -2.56. The number of likely N-dealkylation sites (N-methyl/N-ethyl adjacent to an activating group) is 1. The number of imidazole rings is 1. The van der Waals surface area contributed by atoms with Gasteiger partial charge in [0.1, 0.15) is 0 Å². The Kier molecular flexibility index (Phi) is 4.27. The van der Waals surface area contributed by atoms with Crippen LogP contribution in [0.5, 0.6) is 0 Å². The zero-order chi connectivity index (χ0) is 19.5. The molecule has 6 rings (SSSR count). The van der Waals surface area contributed by atoms with Crippen LogP contribution in [0, 0.1) is 28.6 Å². The van der Waals surface area contributed by atoms with Crippen molar-refractivity contribution in [1.29, 1.82) is 5.41 Å². The molecule has 2 aromatic rings. The predicted octanol–water partition coefficient (Wildman–Crippen LogP) is 3.27. The maximum Gasteiger partial charge on any atom is 0.203 e. The molecule has 0 atom stereocenters. The van der Waals surface area contributed by atoms with Crippen LogP contribution in [0.4, 0.5) is 0 Å². The second-order valence-electron chi connectivity index (χ2n) is 9.97. The van der Waals surface area contributed by atoms with Gasteiger partial charge in [0.2, 0.25) is 5.62 Å². The number of nitrogens with one attached hydrogen (secondary N) is 1. The molecule has 4 aliphatic carbocycles. The zero-order valence-electron chi connectivity index (χ0n) is 17.2. The van der Waals surface area contributed by atoms with Crippen molar-refractivity contribution in [3.05, 3.63) is 29.9 Å². The Hall–Kier alpha value is -1.88. The lowest BCUT2D eigenvalue weighted by Crippen LogP contribution is -2.51. The highest BCUT2D eigenvalue weighted by Crippen LogP contribution is 2.60. The summed E-state index contributed by atoms with van der Waals surface area (Å²) in [4.78, 5) is 15.8. The van der Waals surface area contributed by atoms with Crippen molar-refractivity contribution >= 4 is 16.8 Å². The number of ketones is 1. The number of hydrogen-bond acceptors (Lipinski definition) is 3. The molecule has 0 unspecified atom stereocenters. The second-order valence-corrected chi connectivity index (χ2v) is 9.97. The first kappa shape index (κ1) is 18.2. The minimum absolute atomic E-state index is 0.0962. The van der Waals surface area contributed by atoms with E-state index in [4.69, 9.17) is 5.41 Å². The Bertz CT molecular complexity index is 931. The molecule has 0 aliphatic heterocycles. The Labute approximate surface area is 166 Å². The van der Waals surface area contributed by atoms with Gasteiger partial charge in [-0.3, -0.25) is 10.2 Å². The number of aromatic nitrogens is 2. The van der Waals surface area contributed by atoms with Crippen molar-refractivity contribution in [1.82, 2.24) is 14.0 Å². The van der Waals surface area contributed by atoms with E-state index in [0.29, 0.717) is 17.9 Å². The summed E-state index contributed by atoms with van der Waals surface area (Å²) >= 11 is 0. The quantitative estimate of drug-likeness (QED) is 0.836. The van der Waals surface area contributed by atoms with Gasteiger partial charge in [-0.1, -0.05) is 12.1 Å². The Morgan fingerprint density at radius 2 is 1.57 bits per heavy atom. The molecule has 1 aromatic carbocycles. The molecule has 1 heterocycles. The molecule has 0 amide bonds. The molecule has 150 valence electrons. The number of benzene rings is 1. The summed E-state index contributed by atoms with van der Waals surface area (Å²) in [5.74, 6) is 2.71. The highest BCUT2D eigenvalue weighted by molar-refractivity contribution is 5.87. The van der Waals surface area contributed by atoms with Gasteiger partial charge in [-0.05, 0) is 82.5 Å². The molecule has 4 saturated carbocycles. The summed E-state index contributed by atoms with van der Waals surface area (Å²) in [5, 5.41) is 8.80. The van der Waals surface area contributed by atoms with Crippen LogP contribution in [0.25, 0.3) is 11.0 Å². The van der Waals surface area contributed by atoms with Gasteiger partial charge in [0, 0.05) is 18.5 Å². The van der Waals surface area contributed by atoms with Crippen LogP contribution in [0.15, 0.2) is 24.3 Å². The standard InChI is InChI=1S/C23H32N4O/c1-25(2)7-8-26-19-5-3-4-6-20(19)27(22(26)24)15-21(28)23-12-16-9-17(13-23)11-18(10-16)14-23/h3-6,16-18,24H,7-15H2,1-2H3. The molecule has 5 nitrogen and oxygen atoms in total. The first-order valence-electron chi connectivity index (χ1n) is 10.9. The predicted molar refractivity (Wildman–Crippen MR) is 110 cm³/mol. The Morgan fingerprint density at radius 1 is 1.04 bits per heavy atom. The van der Waals surface area contributed by atoms with Crippen LogP contribution in [0.3, 0.4) is 0 Å². The van der Waals surface area contributed by atoms with Crippen molar-refractivity contribution in [2.45, 2.75) is 51.6 Å². The molecule has 4 aliphatic rings. The SMILES string of the molecule is CN(C)CCn1c(=N)n(CC(=O)C23CC4CC(CC(C4)C2)C3)c2ccccc21. The normalized spacial score (nSPS) is 31.2. The summed E-state index contributed by atoms with van der Waals surface area (Å²) < 4.78 is 4.02. The number of carbonyl (C=O) groups excluding carboxylic acids is 1. The molecule has 4 fully saturated rings. The van der Waals surface area contributed by atoms with E-state index < -0.39 is 0 Å². The van der Waals surface area contributed by atoms with Crippen LogP contribution in [-0.4, -0.2) is 40.5 Å². The third kappa shape index (κ3) is 2.86. The summed E-state index contributed by atoms with van der Waals surface area (Å²) in [6.07, 6.45) is 7.37. The first-order valence-corrected chi connectivity index (χ1v) is 10.9. The Balaban J connectivity index is 1.48. The lowest BCUT2D eigenvalue weighted by atomic mass is 9.48. The summed E-state index contributed by atoms with van der Waals surface area (Å²) in [7, 11) is 4.11. The van der Waals surface area contributed by atoms with Gasteiger partial charge in [0.05, 0.1) is 17.6 Å². The van der Waals surface area contributed by atoms with Crippen LogP contribution < -0.4 is 5.62 Å².